The maximum Gasteiger partial charge on any atom is 0.311 e. The number of ether oxygens (including phenoxy) is 2. The Morgan fingerprint density at radius 3 is 2.75 bits per heavy atom. The van der Waals surface area contributed by atoms with Crippen LogP contribution in [0.1, 0.15) is 47.5 Å². The van der Waals surface area contributed by atoms with Crippen molar-refractivity contribution in [3.8, 4) is 0 Å². The number of carbonyl (C=O) groups is 2. The minimum atomic E-state index is -0.599. The van der Waals surface area contributed by atoms with Gasteiger partial charge in [0.1, 0.15) is 11.7 Å². The monoisotopic (exact) mass is 280 g/mol. The Balaban J connectivity index is 1.85. The summed E-state index contributed by atoms with van der Waals surface area (Å²) < 4.78 is 11.5. The third kappa shape index (κ3) is 1.54. The van der Waals surface area contributed by atoms with Crippen LogP contribution in [0.3, 0.4) is 0 Å². The second-order valence-corrected chi connectivity index (χ2v) is 7.56. The number of fused-ring (bicyclic) bond motifs is 1. The zero-order chi connectivity index (χ0) is 14.9. The normalized spacial score (nSPS) is 45.6. The standard InChI is InChI=1S/C16H24O4/c1-6-15(3,4)14(18)19-12-9-7-10-11(8(9)2)13(17)20-16(10,12)5/h8-12H,6-7H2,1-5H3. The first-order chi connectivity index (χ1) is 9.22. The zero-order valence-electron chi connectivity index (χ0n) is 12.9. The molecule has 6 atom stereocenters. The van der Waals surface area contributed by atoms with E-state index >= 15 is 0 Å². The van der Waals surface area contributed by atoms with Gasteiger partial charge in [-0.2, -0.15) is 0 Å². The highest BCUT2D eigenvalue weighted by molar-refractivity contribution is 5.79. The van der Waals surface area contributed by atoms with Crippen LogP contribution in [0.15, 0.2) is 0 Å². The molecular formula is C16H24O4. The molecule has 1 aliphatic heterocycles. The maximum absolute atomic E-state index is 12.4. The Hall–Kier alpha value is -1.06. The third-order valence-electron chi connectivity index (χ3n) is 6.15. The van der Waals surface area contributed by atoms with Gasteiger partial charge in [0.05, 0.1) is 11.3 Å². The van der Waals surface area contributed by atoms with Crippen LogP contribution in [-0.4, -0.2) is 23.6 Å². The van der Waals surface area contributed by atoms with E-state index in [1.54, 1.807) is 0 Å². The van der Waals surface area contributed by atoms with Gasteiger partial charge in [0.15, 0.2) is 0 Å². The smallest absolute Gasteiger partial charge is 0.311 e. The molecule has 0 radical (unpaired) electrons. The van der Waals surface area contributed by atoms with E-state index in [0.29, 0.717) is 0 Å². The van der Waals surface area contributed by atoms with E-state index < -0.39 is 11.0 Å². The molecule has 4 nitrogen and oxygen atoms in total. The lowest BCUT2D eigenvalue weighted by molar-refractivity contribution is -0.182. The quantitative estimate of drug-likeness (QED) is 0.746. The third-order valence-corrected chi connectivity index (χ3v) is 6.15. The summed E-state index contributed by atoms with van der Waals surface area (Å²) in [4.78, 5) is 24.4. The highest BCUT2D eigenvalue weighted by atomic mass is 16.6. The lowest BCUT2D eigenvalue weighted by atomic mass is 9.73. The first kappa shape index (κ1) is 13.9. The Morgan fingerprint density at radius 1 is 1.50 bits per heavy atom. The summed E-state index contributed by atoms with van der Waals surface area (Å²) in [5.74, 6) is 0.478. The molecule has 112 valence electrons. The summed E-state index contributed by atoms with van der Waals surface area (Å²) in [6, 6.07) is 0. The number of rotatable bonds is 3. The van der Waals surface area contributed by atoms with Crippen molar-refractivity contribution >= 4 is 11.9 Å². The van der Waals surface area contributed by atoms with Gasteiger partial charge in [-0.1, -0.05) is 13.8 Å². The molecule has 0 aromatic heterocycles. The molecule has 3 aliphatic rings. The van der Waals surface area contributed by atoms with E-state index in [9.17, 15) is 9.59 Å². The summed E-state index contributed by atoms with van der Waals surface area (Å²) in [5.41, 5.74) is -1.08. The molecule has 0 aromatic carbocycles. The van der Waals surface area contributed by atoms with Gasteiger partial charge in [0, 0.05) is 11.8 Å². The van der Waals surface area contributed by atoms with Gasteiger partial charge in [-0.15, -0.1) is 0 Å². The topological polar surface area (TPSA) is 52.6 Å². The molecule has 0 spiro atoms. The largest absolute Gasteiger partial charge is 0.457 e. The molecule has 1 saturated heterocycles. The van der Waals surface area contributed by atoms with Crippen molar-refractivity contribution in [3.63, 3.8) is 0 Å². The van der Waals surface area contributed by atoms with Crippen LogP contribution < -0.4 is 0 Å². The molecule has 0 aromatic rings. The average molecular weight is 280 g/mol. The molecule has 6 unspecified atom stereocenters. The van der Waals surface area contributed by atoms with Gasteiger partial charge in [0.2, 0.25) is 0 Å². The van der Waals surface area contributed by atoms with Gasteiger partial charge in [-0.3, -0.25) is 9.59 Å². The van der Waals surface area contributed by atoms with Gasteiger partial charge in [0.25, 0.3) is 0 Å². The van der Waals surface area contributed by atoms with Crippen molar-refractivity contribution < 1.29 is 19.1 Å². The molecule has 4 heteroatoms. The first-order valence-electron chi connectivity index (χ1n) is 7.66. The minimum Gasteiger partial charge on any atom is -0.457 e. The van der Waals surface area contributed by atoms with E-state index in [1.165, 1.54) is 0 Å². The van der Waals surface area contributed by atoms with Crippen LogP contribution in [0.5, 0.6) is 0 Å². The van der Waals surface area contributed by atoms with Crippen LogP contribution in [-0.2, 0) is 19.1 Å². The maximum atomic E-state index is 12.4. The van der Waals surface area contributed by atoms with Crippen molar-refractivity contribution in [2.24, 2.45) is 29.1 Å². The van der Waals surface area contributed by atoms with Crippen LogP contribution >= 0.6 is 0 Å². The Morgan fingerprint density at radius 2 is 2.15 bits per heavy atom. The lowest BCUT2D eigenvalue weighted by Crippen LogP contribution is -2.49. The van der Waals surface area contributed by atoms with E-state index in [4.69, 9.17) is 9.47 Å². The fraction of sp³-hybridized carbons (Fsp3) is 0.875. The van der Waals surface area contributed by atoms with Crippen molar-refractivity contribution in [1.82, 2.24) is 0 Å². The van der Waals surface area contributed by atoms with Crippen LogP contribution in [0.4, 0.5) is 0 Å². The summed E-state index contributed by atoms with van der Waals surface area (Å²) >= 11 is 0. The molecular weight excluding hydrogens is 256 g/mol. The van der Waals surface area contributed by atoms with Crippen molar-refractivity contribution in [3.05, 3.63) is 0 Å². The highest BCUT2D eigenvalue weighted by Crippen LogP contribution is 2.63. The molecule has 0 amide bonds. The van der Waals surface area contributed by atoms with E-state index in [2.05, 4.69) is 6.92 Å². The molecule has 1 heterocycles. The zero-order valence-corrected chi connectivity index (χ0v) is 12.9. The van der Waals surface area contributed by atoms with E-state index in [0.717, 1.165) is 12.8 Å². The summed E-state index contributed by atoms with van der Waals surface area (Å²) in [7, 11) is 0. The second kappa shape index (κ2) is 3.99. The molecule has 0 N–H and O–H groups in total. The molecule has 2 saturated carbocycles. The summed E-state index contributed by atoms with van der Waals surface area (Å²) in [6.45, 7) is 9.82. The highest BCUT2D eigenvalue weighted by Gasteiger charge is 2.72. The molecule has 20 heavy (non-hydrogen) atoms. The van der Waals surface area contributed by atoms with E-state index in [-0.39, 0.29) is 41.7 Å². The number of hydrogen-bond donors (Lipinski definition) is 0. The van der Waals surface area contributed by atoms with Crippen LogP contribution in [0.2, 0.25) is 0 Å². The van der Waals surface area contributed by atoms with Crippen molar-refractivity contribution in [1.29, 1.82) is 0 Å². The number of hydrogen-bond acceptors (Lipinski definition) is 4. The average Bonchev–Trinajstić information content (AvgIpc) is 2.91. The van der Waals surface area contributed by atoms with Gasteiger partial charge >= 0.3 is 11.9 Å². The number of esters is 2. The fourth-order valence-corrected chi connectivity index (χ4v) is 4.33. The number of carbonyl (C=O) groups excluding carboxylic acids is 2. The van der Waals surface area contributed by atoms with Crippen molar-refractivity contribution in [2.75, 3.05) is 0 Å². The predicted octanol–water partition coefficient (Wildman–Crippen LogP) is 2.55. The van der Waals surface area contributed by atoms with Crippen LogP contribution in [0.25, 0.3) is 0 Å². The SMILES string of the molecule is CCC(C)(C)C(=O)OC1C2CC3C(C(=O)OC31C)C2C. The Bertz CT molecular complexity index is 469. The first-order valence-corrected chi connectivity index (χ1v) is 7.66. The predicted molar refractivity (Wildman–Crippen MR) is 72.7 cm³/mol. The second-order valence-electron chi connectivity index (χ2n) is 7.56. The lowest BCUT2D eigenvalue weighted by Gasteiger charge is -2.38. The van der Waals surface area contributed by atoms with Gasteiger partial charge in [-0.05, 0) is 39.5 Å². The molecule has 3 rings (SSSR count). The Labute approximate surface area is 120 Å². The van der Waals surface area contributed by atoms with Gasteiger partial charge in [-0.25, -0.2) is 0 Å². The molecule has 3 fully saturated rings. The fourth-order valence-electron chi connectivity index (χ4n) is 4.33. The summed E-state index contributed by atoms with van der Waals surface area (Å²) in [6.07, 6.45) is 1.41. The van der Waals surface area contributed by atoms with Gasteiger partial charge < -0.3 is 9.47 Å². The molecule has 2 aliphatic carbocycles. The Kier molecular flexibility index (Phi) is 2.77. The minimum absolute atomic E-state index is 0.0131. The molecule has 2 bridgehead atoms. The van der Waals surface area contributed by atoms with E-state index in [1.807, 2.05) is 27.7 Å². The van der Waals surface area contributed by atoms with Crippen molar-refractivity contribution in [2.45, 2.75) is 59.2 Å². The summed E-state index contributed by atoms with van der Waals surface area (Å²) in [5, 5.41) is 0. The van der Waals surface area contributed by atoms with Crippen LogP contribution in [0, 0.1) is 29.1 Å².